The number of methoxy groups -OCH3 is 1. The summed E-state index contributed by atoms with van der Waals surface area (Å²) in [7, 11) is 1.57. The number of rotatable bonds is 12. The normalized spacial score (nSPS) is 16.9. The lowest BCUT2D eigenvalue weighted by Crippen LogP contribution is -2.59. The summed E-state index contributed by atoms with van der Waals surface area (Å²) in [5, 5.41) is 17.3. The lowest BCUT2D eigenvalue weighted by atomic mass is 9.97. The Labute approximate surface area is 269 Å². The number of nitrogens with zero attached hydrogens (tertiary/aromatic N) is 1. The number of hydrogen-bond acceptors (Lipinski definition) is 7. The first-order chi connectivity index (χ1) is 21.4. The fourth-order valence-electron chi connectivity index (χ4n) is 5.51. The van der Waals surface area contributed by atoms with E-state index in [9.17, 15) is 19.5 Å². The molecule has 1 fully saturated rings. The van der Waals surface area contributed by atoms with Crippen LogP contribution >= 0.6 is 11.8 Å². The SMILES string of the molecule is COc1ccc(C[C@H](NC(=O)COc2c(C)cccc2C)[C@H](O)C(=O)N2CSC(C)(C)[C@H]2C(=O)NCc2ccccc2C)cc1. The van der Waals surface area contributed by atoms with Gasteiger partial charge in [0.2, 0.25) is 5.91 Å². The summed E-state index contributed by atoms with van der Waals surface area (Å²) in [6, 6.07) is 18.9. The van der Waals surface area contributed by atoms with Gasteiger partial charge in [0, 0.05) is 11.3 Å². The molecule has 1 heterocycles. The summed E-state index contributed by atoms with van der Waals surface area (Å²) in [6.45, 7) is 9.64. The number of hydrogen-bond donors (Lipinski definition) is 3. The molecule has 0 saturated carbocycles. The van der Waals surface area contributed by atoms with Crippen LogP contribution in [0, 0.1) is 20.8 Å². The lowest BCUT2D eigenvalue weighted by Gasteiger charge is -2.33. The molecule has 45 heavy (non-hydrogen) atoms. The topological polar surface area (TPSA) is 117 Å². The molecule has 0 unspecified atom stereocenters. The van der Waals surface area contributed by atoms with Gasteiger partial charge in [0.15, 0.2) is 12.7 Å². The van der Waals surface area contributed by atoms with Gasteiger partial charge in [0.05, 0.1) is 19.0 Å². The van der Waals surface area contributed by atoms with Gasteiger partial charge in [-0.2, -0.15) is 0 Å². The van der Waals surface area contributed by atoms with E-state index < -0.39 is 34.7 Å². The third-order valence-electron chi connectivity index (χ3n) is 8.14. The van der Waals surface area contributed by atoms with Crippen molar-refractivity contribution in [2.45, 2.75) is 70.5 Å². The molecule has 0 bridgehead atoms. The highest BCUT2D eigenvalue weighted by Crippen LogP contribution is 2.40. The van der Waals surface area contributed by atoms with Gasteiger partial charge in [-0.25, -0.2) is 0 Å². The van der Waals surface area contributed by atoms with E-state index in [1.165, 1.54) is 16.7 Å². The quantitative estimate of drug-likeness (QED) is 0.275. The van der Waals surface area contributed by atoms with E-state index in [-0.39, 0.29) is 24.8 Å². The van der Waals surface area contributed by atoms with Crippen LogP contribution in [0.3, 0.4) is 0 Å². The summed E-state index contributed by atoms with van der Waals surface area (Å²) in [6.07, 6.45) is -1.45. The Morgan fingerprint density at radius 2 is 1.62 bits per heavy atom. The van der Waals surface area contributed by atoms with Gasteiger partial charge in [0.1, 0.15) is 17.5 Å². The number of para-hydroxylation sites is 1. The van der Waals surface area contributed by atoms with E-state index in [0.717, 1.165) is 27.8 Å². The van der Waals surface area contributed by atoms with Crippen molar-refractivity contribution in [3.05, 3.63) is 94.5 Å². The zero-order valence-corrected chi connectivity index (χ0v) is 27.6. The molecule has 0 aromatic heterocycles. The maximum Gasteiger partial charge on any atom is 0.258 e. The molecule has 1 aliphatic heterocycles. The van der Waals surface area contributed by atoms with Crippen LogP contribution in [0.2, 0.25) is 0 Å². The molecule has 3 aromatic rings. The maximum atomic E-state index is 13.9. The van der Waals surface area contributed by atoms with E-state index in [4.69, 9.17) is 9.47 Å². The Balaban J connectivity index is 1.52. The first-order valence-corrected chi connectivity index (χ1v) is 16.0. The molecule has 3 atom stereocenters. The second-order valence-corrected chi connectivity index (χ2v) is 13.5. The smallest absolute Gasteiger partial charge is 0.258 e. The molecular formula is C35H43N3O6S. The number of amides is 3. The van der Waals surface area contributed by atoms with Crippen molar-refractivity contribution < 1.29 is 29.0 Å². The highest BCUT2D eigenvalue weighted by molar-refractivity contribution is 8.00. The summed E-state index contributed by atoms with van der Waals surface area (Å²) in [4.78, 5) is 42.1. The third kappa shape index (κ3) is 8.38. The number of carbonyl (C=O) groups is 3. The number of aliphatic hydroxyl groups is 1. The van der Waals surface area contributed by atoms with E-state index >= 15 is 0 Å². The summed E-state index contributed by atoms with van der Waals surface area (Å²) in [5.74, 6) is 0.0991. The number of thioether (sulfide) groups is 1. The van der Waals surface area contributed by atoms with Crippen molar-refractivity contribution >= 4 is 29.5 Å². The summed E-state index contributed by atoms with van der Waals surface area (Å²) in [5.41, 5.74) is 4.62. The van der Waals surface area contributed by atoms with E-state index in [0.29, 0.717) is 18.0 Å². The van der Waals surface area contributed by atoms with E-state index in [2.05, 4.69) is 10.6 Å². The van der Waals surface area contributed by atoms with Crippen molar-refractivity contribution in [3.8, 4) is 11.5 Å². The Morgan fingerprint density at radius 3 is 2.27 bits per heavy atom. The van der Waals surface area contributed by atoms with E-state index in [1.807, 2.05) is 89.2 Å². The Bertz CT molecular complexity index is 1490. The van der Waals surface area contributed by atoms with Crippen LogP contribution in [0.15, 0.2) is 66.7 Å². The van der Waals surface area contributed by atoms with Crippen molar-refractivity contribution in [1.29, 1.82) is 0 Å². The van der Waals surface area contributed by atoms with Crippen LogP contribution in [0.4, 0.5) is 0 Å². The molecule has 0 spiro atoms. The molecule has 3 N–H and O–H groups in total. The molecule has 1 aliphatic rings. The molecule has 4 rings (SSSR count). The number of nitrogens with one attached hydrogen (secondary N) is 2. The molecule has 3 aromatic carbocycles. The molecule has 0 radical (unpaired) electrons. The number of aryl methyl sites for hydroxylation is 3. The fourth-order valence-corrected chi connectivity index (χ4v) is 6.65. The highest BCUT2D eigenvalue weighted by atomic mass is 32.2. The molecule has 1 saturated heterocycles. The summed E-state index contributed by atoms with van der Waals surface area (Å²) >= 11 is 1.47. The van der Waals surface area contributed by atoms with Gasteiger partial charge in [-0.1, -0.05) is 54.6 Å². The number of aliphatic hydroxyl groups excluding tert-OH is 1. The minimum absolute atomic E-state index is 0.167. The van der Waals surface area contributed by atoms with Crippen LogP contribution in [0.25, 0.3) is 0 Å². The number of ether oxygens (including phenoxy) is 2. The molecule has 240 valence electrons. The minimum atomic E-state index is -1.61. The van der Waals surface area contributed by atoms with Crippen LogP contribution in [0.5, 0.6) is 11.5 Å². The van der Waals surface area contributed by atoms with Gasteiger partial charge in [-0.05, 0) is 81.0 Å². The first kappa shape index (κ1) is 33.9. The zero-order valence-electron chi connectivity index (χ0n) is 26.8. The summed E-state index contributed by atoms with van der Waals surface area (Å²) < 4.78 is 10.5. The average Bonchev–Trinajstić information content (AvgIpc) is 3.34. The highest BCUT2D eigenvalue weighted by Gasteiger charge is 2.49. The number of benzene rings is 3. The van der Waals surface area contributed by atoms with Crippen molar-refractivity contribution in [3.63, 3.8) is 0 Å². The van der Waals surface area contributed by atoms with Crippen LogP contribution in [-0.2, 0) is 27.3 Å². The Morgan fingerprint density at radius 1 is 0.978 bits per heavy atom. The van der Waals surface area contributed by atoms with Crippen LogP contribution in [-0.4, -0.2) is 70.3 Å². The Kier molecular flexibility index (Phi) is 11.2. The predicted molar refractivity (Wildman–Crippen MR) is 176 cm³/mol. The molecule has 10 heteroatoms. The van der Waals surface area contributed by atoms with Gasteiger partial charge in [0.25, 0.3) is 11.8 Å². The molecule has 3 amide bonds. The zero-order chi connectivity index (χ0) is 32.7. The first-order valence-electron chi connectivity index (χ1n) is 15.0. The monoisotopic (exact) mass is 633 g/mol. The molecular weight excluding hydrogens is 590 g/mol. The van der Waals surface area contributed by atoms with Gasteiger partial charge < -0.3 is 30.1 Å². The largest absolute Gasteiger partial charge is 0.497 e. The molecule has 0 aliphatic carbocycles. The fraction of sp³-hybridized carbons (Fsp3) is 0.400. The van der Waals surface area contributed by atoms with E-state index in [1.54, 1.807) is 19.2 Å². The standard InChI is InChI=1S/C35H43N3O6S/c1-22-10-7-8-13-26(22)19-36-33(41)32-35(4,5)45-21-38(32)34(42)30(40)28(18-25-14-16-27(43-6)17-15-25)37-29(39)20-44-31-23(2)11-9-12-24(31)3/h7-17,28,30,32,40H,18-21H2,1-6H3,(H,36,41)(H,37,39)/t28-,30-,32+/m0/s1. The van der Waals surface area contributed by atoms with Gasteiger partial charge in [-0.3, -0.25) is 14.4 Å². The second-order valence-electron chi connectivity index (χ2n) is 11.9. The van der Waals surface area contributed by atoms with Gasteiger partial charge in [-0.15, -0.1) is 11.8 Å². The van der Waals surface area contributed by atoms with Crippen LogP contribution < -0.4 is 20.1 Å². The maximum absolute atomic E-state index is 13.9. The van der Waals surface area contributed by atoms with Crippen molar-refractivity contribution in [2.24, 2.45) is 0 Å². The van der Waals surface area contributed by atoms with Crippen LogP contribution in [0.1, 0.15) is 41.7 Å². The third-order valence-corrected chi connectivity index (χ3v) is 9.52. The lowest BCUT2D eigenvalue weighted by molar-refractivity contribution is -0.148. The predicted octanol–water partition coefficient (Wildman–Crippen LogP) is 4.08. The second kappa shape index (κ2) is 14.8. The van der Waals surface area contributed by atoms with Gasteiger partial charge >= 0.3 is 0 Å². The van der Waals surface area contributed by atoms with Crippen molar-refractivity contribution in [1.82, 2.24) is 15.5 Å². The molecule has 9 nitrogen and oxygen atoms in total. The minimum Gasteiger partial charge on any atom is -0.497 e. The van der Waals surface area contributed by atoms with Crippen molar-refractivity contribution in [2.75, 3.05) is 19.6 Å². The Hall–Kier alpha value is -4.02. The average molecular weight is 634 g/mol. The number of carbonyl (C=O) groups excluding carboxylic acids is 3.